The van der Waals surface area contributed by atoms with Crippen molar-refractivity contribution in [2.45, 2.75) is 32.6 Å². The molecule has 1 aliphatic heterocycles. The number of carbonyl (C=O) groups excluding carboxylic acids is 1. The number of halogens is 2. The number of rotatable bonds is 8. The zero-order valence-electron chi connectivity index (χ0n) is 16.1. The Kier molecular flexibility index (Phi) is 11.5. The zero-order valence-corrected chi connectivity index (χ0v) is 19.2. The van der Waals surface area contributed by atoms with Crippen molar-refractivity contribution in [3.05, 3.63) is 28.8 Å². The Morgan fingerprint density at radius 3 is 2.67 bits per heavy atom. The number of methoxy groups -OCH3 is 1. The zero-order chi connectivity index (χ0) is 18.8. The van der Waals surface area contributed by atoms with Crippen molar-refractivity contribution in [1.82, 2.24) is 15.5 Å². The minimum Gasteiger partial charge on any atom is -0.497 e. The molecule has 1 heterocycles. The molecule has 0 unspecified atom stereocenters. The van der Waals surface area contributed by atoms with Gasteiger partial charge < -0.3 is 20.3 Å². The number of ether oxygens (including phenoxy) is 1. The first kappa shape index (κ1) is 23.8. The highest BCUT2D eigenvalue weighted by molar-refractivity contribution is 14.0. The van der Waals surface area contributed by atoms with Crippen LogP contribution in [0.1, 0.15) is 31.7 Å². The van der Waals surface area contributed by atoms with Crippen molar-refractivity contribution in [3.8, 4) is 5.75 Å². The number of benzene rings is 1. The fourth-order valence-electron chi connectivity index (χ4n) is 2.90. The number of aliphatic imine (C=N–C) groups is 1. The van der Waals surface area contributed by atoms with E-state index >= 15 is 0 Å². The number of hydrogen-bond donors (Lipinski definition) is 2. The number of carbonyl (C=O) groups is 1. The largest absolute Gasteiger partial charge is 0.497 e. The average molecular weight is 509 g/mol. The van der Waals surface area contributed by atoms with E-state index in [2.05, 4.69) is 15.6 Å². The molecule has 1 aromatic rings. The van der Waals surface area contributed by atoms with Crippen molar-refractivity contribution in [3.63, 3.8) is 0 Å². The number of amides is 1. The fourth-order valence-corrected chi connectivity index (χ4v) is 3.17. The van der Waals surface area contributed by atoms with Gasteiger partial charge in [0.25, 0.3) is 0 Å². The van der Waals surface area contributed by atoms with Gasteiger partial charge in [0.15, 0.2) is 5.96 Å². The van der Waals surface area contributed by atoms with Crippen molar-refractivity contribution >= 4 is 47.4 Å². The van der Waals surface area contributed by atoms with Crippen LogP contribution in [0.4, 0.5) is 0 Å². The van der Waals surface area contributed by atoms with Gasteiger partial charge in [0, 0.05) is 37.6 Å². The van der Waals surface area contributed by atoms with Gasteiger partial charge in [-0.3, -0.25) is 9.79 Å². The first-order valence-electron chi connectivity index (χ1n) is 9.26. The van der Waals surface area contributed by atoms with Gasteiger partial charge in [-0.1, -0.05) is 17.7 Å². The van der Waals surface area contributed by atoms with Crippen molar-refractivity contribution in [2.75, 3.05) is 39.8 Å². The summed E-state index contributed by atoms with van der Waals surface area (Å²) in [6, 6.07) is 5.70. The summed E-state index contributed by atoms with van der Waals surface area (Å²) in [6.45, 7) is 5.78. The van der Waals surface area contributed by atoms with Crippen molar-refractivity contribution < 1.29 is 9.53 Å². The quantitative estimate of drug-likeness (QED) is 0.322. The fraction of sp³-hybridized carbons (Fsp3) is 0.579. The molecule has 1 amide bonds. The number of nitrogens with zero attached hydrogens (tertiary/aromatic N) is 2. The lowest BCUT2D eigenvalue weighted by atomic mass is 10.1. The third kappa shape index (κ3) is 8.13. The second-order valence-corrected chi connectivity index (χ2v) is 6.64. The van der Waals surface area contributed by atoms with E-state index in [1.165, 1.54) is 0 Å². The van der Waals surface area contributed by atoms with Crippen LogP contribution in [0.2, 0.25) is 5.02 Å². The molecule has 2 rings (SSSR count). The smallest absolute Gasteiger partial charge is 0.224 e. The second kappa shape index (κ2) is 13.0. The topological polar surface area (TPSA) is 66.0 Å². The third-order valence-electron chi connectivity index (χ3n) is 4.35. The van der Waals surface area contributed by atoms with E-state index in [1.807, 2.05) is 30.0 Å². The van der Waals surface area contributed by atoms with E-state index < -0.39 is 0 Å². The van der Waals surface area contributed by atoms with E-state index in [0.717, 1.165) is 56.2 Å². The standard InChI is InChI=1S/C19H29ClN4O2.HI/c1-3-21-19(23-11-9-18(25)24-12-4-5-13-24)22-10-8-15-6-7-16(26-2)14-17(15)20;/h6-7,14H,3-5,8-13H2,1-2H3,(H2,21,22,23);1H. The Hall–Kier alpha value is -1.22. The normalized spacial score (nSPS) is 13.9. The molecule has 1 aromatic carbocycles. The van der Waals surface area contributed by atoms with Crippen LogP contribution >= 0.6 is 35.6 Å². The van der Waals surface area contributed by atoms with Gasteiger partial charge in [-0.25, -0.2) is 0 Å². The summed E-state index contributed by atoms with van der Waals surface area (Å²) in [7, 11) is 1.63. The Morgan fingerprint density at radius 2 is 2.04 bits per heavy atom. The lowest BCUT2D eigenvalue weighted by Crippen LogP contribution is -2.38. The van der Waals surface area contributed by atoms with Crippen molar-refractivity contribution in [2.24, 2.45) is 4.99 Å². The molecule has 27 heavy (non-hydrogen) atoms. The highest BCUT2D eigenvalue weighted by Gasteiger charge is 2.16. The highest BCUT2D eigenvalue weighted by Crippen LogP contribution is 2.22. The number of nitrogens with one attached hydrogen (secondary N) is 2. The average Bonchev–Trinajstić information content (AvgIpc) is 3.17. The molecule has 1 fully saturated rings. The maximum absolute atomic E-state index is 12.1. The van der Waals surface area contributed by atoms with Gasteiger partial charge in [-0.05, 0) is 43.9 Å². The Balaban J connectivity index is 0.00000364. The monoisotopic (exact) mass is 508 g/mol. The number of likely N-dealkylation sites (tertiary alicyclic amines) is 1. The van der Waals surface area contributed by atoms with Gasteiger partial charge in [0.1, 0.15) is 5.75 Å². The maximum atomic E-state index is 12.1. The Labute approximate surface area is 184 Å². The molecule has 0 spiro atoms. The van der Waals surface area contributed by atoms with E-state index in [1.54, 1.807) is 7.11 Å². The molecular formula is C19H30ClIN4O2. The molecule has 1 aliphatic rings. The minimum absolute atomic E-state index is 0. The lowest BCUT2D eigenvalue weighted by molar-refractivity contribution is -0.129. The molecular weight excluding hydrogens is 479 g/mol. The number of guanidine groups is 1. The lowest BCUT2D eigenvalue weighted by Gasteiger charge is -2.15. The van der Waals surface area contributed by atoms with Gasteiger partial charge in [0.05, 0.1) is 13.7 Å². The van der Waals surface area contributed by atoms with Crippen LogP contribution in [0.15, 0.2) is 23.2 Å². The van der Waals surface area contributed by atoms with E-state index in [0.29, 0.717) is 24.5 Å². The van der Waals surface area contributed by atoms with Crippen LogP contribution in [0.5, 0.6) is 5.75 Å². The van der Waals surface area contributed by atoms with E-state index in [-0.39, 0.29) is 29.9 Å². The van der Waals surface area contributed by atoms with Crippen LogP contribution in [-0.4, -0.2) is 56.6 Å². The number of hydrogen-bond acceptors (Lipinski definition) is 3. The Bertz CT molecular complexity index is 622. The van der Waals surface area contributed by atoms with Crippen LogP contribution in [0.3, 0.4) is 0 Å². The molecule has 2 N–H and O–H groups in total. The van der Waals surface area contributed by atoms with E-state index in [4.69, 9.17) is 16.3 Å². The van der Waals surface area contributed by atoms with E-state index in [9.17, 15) is 4.79 Å². The summed E-state index contributed by atoms with van der Waals surface area (Å²) in [6.07, 6.45) is 3.47. The SMILES string of the molecule is CCNC(=NCCC(=O)N1CCCC1)NCCc1ccc(OC)cc1Cl.I. The first-order valence-corrected chi connectivity index (χ1v) is 9.64. The predicted octanol–water partition coefficient (Wildman–Crippen LogP) is 3.08. The Morgan fingerprint density at radius 1 is 1.30 bits per heavy atom. The summed E-state index contributed by atoms with van der Waals surface area (Å²) in [5, 5.41) is 7.20. The third-order valence-corrected chi connectivity index (χ3v) is 4.70. The van der Waals surface area contributed by atoms with Crippen LogP contribution in [0.25, 0.3) is 0 Å². The van der Waals surface area contributed by atoms with Gasteiger partial charge >= 0.3 is 0 Å². The maximum Gasteiger partial charge on any atom is 0.224 e. The molecule has 1 saturated heterocycles. The molecule has 6 nitrogen and oxygen atoms in total. The molecule has 8 heteroatoms. The second-order valence-electron chi connectivity index (χ2n) is 6.23. The molecule has 152 valence electrons. The van der Waals surface area contributed by atoms with Crippen LogP contribution in [-0.2, 0) is 11.2 Å². The molecule has 0 radical (unpaired) electrons. The molecule has 0 aliphatic carbocycles. The summed E-state index contributed by atoms with van der Waals surface area (Å²) < 4.78 is 5.16. The van der Waals surface area contributed by atoms with Crippen LogP contribution < -0.4 is 15.4 Å². The predicted molar refractivity (Wildman–Crippen MR) is 122 cm³/mol. The summed E-state index contributed by atoms with van der Waals surface area (Å²) in [5.74, 6) is 1.68. The first-order chi connectivity index (χ1) is 12.6. The minimum atomic E-state index is 0. The van der Waals surface area contributed by atoms with Gasteiger partial charge in [-0.15, -0.1) is 24.0 Å². The molecule has 0 aromatic heterocycles. The summed E-state index contributed by atoms with van der Waals surface area (Å²) in [5.41, 5.74) is 1.06. The molecule has 0 bridgehead atoms. The summed E-state index contributed by atoms with van der Waals surface area (Å²) in [4.78, 5) is 18.5. The van der Waals surface area contributed by atoms with Crippen LogP contribution in [0, 0.1) is 0 Å². The van der Waals surface area contributed by atoms with Gasteiger partial charge in [-0.2, -0.15) is 0 Å². The van der Waals surface area contributed by atoms with Crippen molar-refractivity contribution in [1.29, 1.82) is 0 Å². The molecule has 0 atom stereocenters. The van der Waals surface area contributed by atoms with Gasteiger partial charge in [0.2, 0.25) is 5.91 Å². The molecule has 0 saturated carbocycles. The highest BCUT2D eigenvalue weighted by atomic mass is 127. The summed E-state index contributed by atoms with van der Waals surface area (Å²) >= 11 is 6.27.